The first-order valence-electron chi connectivity index (χ1n) is 10.7. The van der Waals surface area contributed by atoms with Gasteiger partial charge < -0.3 is 4.98 Å². The first-order chi connectivity index (χ1) is 16.1. The molecule has 0 saturated heterocycles. The maximum atomic E-state index is 13.6. The highest BCUT2D eigenvalue weighted by Crippen LogP contribution is 2.25. The van der Waals surface area contributed by atoms with Crippen molar-refractivity contribution in [3.05, 3.63) is 120 Å². The van der Waals surface area contributed by atoms with Crippen LogP contribution in [0.3, 0.4) is 0 Å². The predicted octanol–water partition coefficient (Wildman–Crippen LogP) is 5.62. The normalized spacial score (nSPS) is 11.8. The predicted molar refractivity (Wildman–Crippen MR) is 131 cm³/mol. The second-order valence-corrected chi connectivity index (χ2v) is 9.81. The summed E-state index contributed by atoms with van der Waals surface area (Å²) >= 11 is 0. The fourth-order valence-electron chi connectivity index (χ4n) is 3.82. The van der Waals surface area contributed by atoms with E-state index in [9.17, 15) is 8.42 Å². The van der Waals surface area contributed by atoms with E-state index in [0.717, 1.165) is 27.7 Å². The molecular weight excluding hydrogens is 430 g/mol. The molecule has 0 amide bonds. The number of imidazole rings is 1. The number of fused-ring (bicyclic) bond motifs is 1. The lowest BCUT2D eigenvalue weighted by Gasteiger charge is -2.23. The van der Waals surface area contributed by atoms with E-state index >= 15 is 0 Å². The van der Waals surface area contributed by atoms with Gasteiger partial charge in [0.15, 0.2) is 0 Å². The van der Waals surface area contributed by atoms with Gasteiger partial charge in [0.1, 0.15) is 5.82 Å². The quantitative estimate of drug-likeness (QED) is 0.348. The summed E-state index contributed by atoms with van der Waals surface area (Å²) in [5, 5.41) is 0. The van der Waals surface area contributed by atoms with Crippen LogP contribution in [-0.4, -0.2) is 22.7 Å². The summed E-state index contributed by atoms with van der Waals surface area (Å²) in [6.45, 7) is 0.590. The molecule has 0 unspecified atom stereocenters. The van der Waals surface area contributed by atoms with Crippen molar-refractivity contribution >= 4 is 21.1 Å². The Labute approximate surface area is 193 Å². The average molecular weight is 454 g/mol. The Morgan fingerprint density at radius 3 is 1.79 bits per heavy atom. The van der Waals surface area contributed by atoms with E-state index in [1.807, 2.05) is 84.9 Å². The lowest BCUT2D eigenvalue weighted by atomic mass is 10.2. The van der Waals surface area contributed by atoms with Crippen molar-refractivity contribution in [2.75, 3.05) is 0 Å². The molecule has 0 fully saturated rings. The van der Waals surface area contributed by atoms with Crippen molar-refractivity contribution in [3.63, 3.8) is 0 Å². The summed E-state index contributed by atoms with van der Waals surface area (Å²) in [5.41, 5.74) is 4.54. The minimum Gasteiger partial charge on any atom is -0.338 e. The summed E-state index contributed by atoms with van der Waals surface area (Å²) in [6, 6.07) is 34.0. The van der Waals surface area contributed by atoms with Gasteiger partial charge in [-0.3, -0.25) is 0 Å². The van der Waals surface area contributed by atoms with Gasteiger partial charge in [-0.1, -0.05) is 72.8 Å². The van der Waals surface area contributed by atoms with Crippen LogP contribution in [-0.2, 0) is 23.1 Å². The zero-order chi connectivity index (χ0) is 22.7. The van der Waals surface area contributed by atoms with Crippen molar-refractivity contribution in [1.82, 2.24) is 14.3 Å². The average Bonchev–Trinajstić information content (AvgIpc) is 3.29. The third-order valence-electron chi connectivity index (χ3n) is 5.56. The molecule has 33 heavy (non-hydrogen) atoms. The number of para-hydroxylation sites is 2. The van der Waals surface area contributed by atoms with Crippen molar-refractivity contribution in [3.8, 4) is 11.4 Å². The van der Waals surface area contributed by atoms with Gasteiger partial charge in [0, 0.05) is 18.7 Å². The van der Waals surface area contributed by atoms with E-state index in [1.54, 1.807) is 24.3 Å². The molecule has 0 aliphatic heterocycles. The third-order valence-corrected chi connectivity index (χ3v) is 7.36. The zero-order valence-electron chi connectivity index (χ0n) is 17.9. The molecule has 4 aromatic carbocycles. The van der Waals surface area contributed by atoms with E-state index in [4.69, 9.17) is 0 Å². The first kappa shape index (κ1) is 21.1. The van der Waals surface area contributed by atoms with E-state index in [0.29, 0.717) is 18.9 Å². The maximum absolute atomic E-state index is 13.6. The summed E-state index contributed by atoms with van der Waals surface area (Å²) in [6.07, 6.45) is 0. The van der Waals surface area contributed by atoms with E-state index < -0.39 is 10.0 Å². The molecule has 5 rings (SSSR count). The molecule has 6 heteroatoms. The highest BCUT2D eigenvalue weighted by atomic mass is 32.2. The molecule has 0 saturated carbocycles. The molecule has 5 aromatic rings. The SMILES string of the molecule is O=S(=O)(c1ccc(-c2nc3ccccc3[nH]2)cc1)N(Cc1ccccc1)Cc1ccccc1. The van der Waals surface area contributed by atoms with E-state index in [2.05, 4.69) is 9.97 Å². The summed E-state index contributed by atoms with van der Waals surface area (Å²) in [7, 11) is -3.72. The van der Waals surface area contributed by atoms with Crippen LogP contribution >= 0.6 is 0 Å². The van der Waals surface area contributed by atoms with Crippen LogP contribution in [0, 0.1) is 0 Å². The molecule has 0 radical (unpaired) electrons. The third kappa shape index (κ3) is 4.58. The van der Waals surface area contributed by atoms with Crippen LogP contribution in [0.2, 0.25) is 0 Å². The molecule has 1 heterocycles. The smallest absolute Gasteiger partial charge is 0.243 e. The number of H-pyrrole nitrogens is 1. The van der Waals surface area contributed by atoms with Gasteiger partial charge in [-0.15, -0.1) is 0 Å². The Bertz CT molecular complexity index is 1390. The van der Waals surface area contributed by atoms with Gasteiger partial charge in [-0.2, -0.15) is 4.31 Å². The van der Waals surface area contributed by atoms with Crippen LogP contribution in [0.5, 0.6) is 0 Å². The highest BCUT2D eigenvalue weighted by molar-refractivity contribution is 7.89. The van der Waals surface area contributed by atoms with Crippen molar-refractivity contribution in [1.29, 1.82) is 0 Å². The second-order valence-electron chi connectivity index (χ2n) is 7.87. The Morgan fingerprint density at radius 1 is 0.667 bits per heavy atom. The molecule has 0 atom stereocenters. The zero-order valence-corrected chi connectivity index (χ0v) is 18.7. The van der Waals surface area contributed by atoms with Gasteiger partial charge >= 0.3 is 0 Å². The Kier molecular flexibility index (Phi) is 5.77. The fraction of sp³-hybridized carbons (Fsp3) is 0.0741. The van der Waals surface area contributed by atoms with Crippen LogP contribution in [0.4, 0.5) is 0 Å². The van der Waals surface area contributed by atoms with Crippen molar-refractivity contribution in [2.24, 2.45) is 0 Å². The molecule has 0 aliphatic rings. The molecule has 0 spiro atoms. The van der Waals surface area contributed by atoms with Gasteiger partial charge in [-0.25, -0.2) is 13.4 Å². The van der Waals surface area contributed by atoms with Crippen molar-refractivity contribution < 1.29 is 8.42 Å². The van der Waals surface area contributed by atoms with E-state index in [-0.39, 0.29) is 4.90 Å². The van der Waals surface area contributed by atoms with Gasteiger partial charge in [-0.05, 0) is 47.5 Å². The van der Waals surface area contributed by atoms with Crippen LogP contribution < -0.4 is 0 Å². The van der Waals surface area contributed by atoms with Crippen LogP contribution in [0.15, 0.2) is 114 Å². The maximum Gasteiger partial charge on any atom is 0.243 e. The molecule has 1 aromatic heterocycles. The van der Waals surface area contributed by atoms with Gasteiger partial charge in [0.25, 0.3) is 0 Å². The number of hydrogen-bond donors (Lipinski definition) is 1. The fourth-order valence-corrected chi connectivity index (χ4v) is 5.24. The lowest BCUT2D eigenvalue weighted by molar-refractivity contribution is 0.401. The monoisotopic (exact) mass is 453 g/mol. The molecular formula is C27H23N3O2S. The summed E-state index contributed by atoms with van der Waals surface area (Å²) in [4.78, 5) is 8.15. The number of nitrogens with zero attached hydrogens (tertiary/aromatic N) is 2. The van der Waals surface area contributed by atoms with Gasteiger partial charge in [0.05, 0.1) is 15.9 Å². The van der Waals surface area contributed by atoms with Crippen LogP contribution in [0.1, 0.15) is 11.1 Å². The van der Waals surface area contributed by atoms with Crippen LogP contribution in [0.25, 0.3) is 22.4 Å². The number of rotatable bonds is 7. The number of nitrogens with one attached hydrogen (secondary N) is 1. The standard InChI is InChI=1S/C27H23N3O2S/c31-33(32,30(19-21-9-3-1-4-10-21)20-22-11-5-2-6-12-22)24-17-15-23(16-18-24)27-28-25-13-7-8-14-26(25)29-27/h1-18H,19-20H2,(H,28,29). The molecule has 5 nitrogen and oxygen atoms in total. The lowest BCUT2D eigenvalue weighted by Crippen LogP contribution is -2.30. The summed E-state index contributed by atoms with van der Waals surface area (Å²) < 4.78 is 28.8. The largest absolute Gasteiger partial charge is 0.338 e. The van der Waals surface area contributed by atoms with Crippen molar-refractivity contribution in [2.45, 2.75) is 18.0 Å². The Morgan fingerprint density at radius 2 is 1.21 bits per heavy atom. The Balaban J connectivity index is 1.46. The molecule has 0 bridgehead atoms. The highest BCUT2D eigenvalue weighted by Gasteiger charge is 2.25. The molecule has 1 N–H and O–H groups in total. The van der Waals surface area contributed by atoms with Gasteiger partial charge in [0.2, 0.25) is 10.0 Å². The second kappa shape index (κ2) is 9.02. The first-order valence-corrected chi connectivity index (χ1v) is 12.2. The summed E-state index contributed by atoms with van der Waals surface area (Å²) in [5.74, 6) is 0.713. The number of benzene rings is 4. The minimum absolute atomic E-state index is 0.259. The molecule has 0 aliphatic carbocycles. The molecule has 164 valence electrons. The number of sulfonamides is 1. The Hall–Kier alpha value is -3.74. The number of hydrogen-bond acceptors (Lipinski definition) is 3. The number of aromatic amines is 1. The number of aromatic nitrogens is 2. The topological polar surface area (TPSA) is 66.1 Å². The van der Waals surface area contributed by atoms with E-state index in [1.165, 1.54) is 4.31 Å². The minimum atomic E-state index is -3.72.